The van der Waals surface area contributed by atoms with Gasteiger partial charge in [0.1, 0.15) is 0 Å². The van der Waals surface area contributed by atoms with Crippen molar-refractivity contribution in [3.05, 3.63) is 47.3 Å². The smallest absolute Gasteiger partial charge is 0.335 e. The van der Waals surface area contributed by atoms with Gasteiger partial charge in [0.15, 0.2) is 0 Å². The van der Waals surface area contributed by atoms with Gasteiger partial charge < -0.3 is 10.4 Å². The van der Waals surface area contributed by atoms with E-state index in [1.165, 1.54) is 18.5 Å². The summed E-state index contributed by atoms with van der Waals surface area (Å²) >= 11 is 0. The van der Waals surface area contributed by atoms with Crippen LogP contribution in [-0.4, -0.2) is 20.9 Å². The van der Waals surface area contributed by atoms with Gasteiger partial charge in [0.2, 0.25) is 0 Å². The maximum atomic E-state index is 11.1. The van der Waals surface area contributed by atoms with Crippen LogP contribution in [0.25, 0.3) is 0 Å². The summed E-state index contributed by atoms with van der Waals surface area (Å²) in [6.45, 7) is 5.93. The van der Waals surface area contributed by atoms with E-state index >= 15 is 0 Å². The minimum absolute atomic E-state index is 0.321. The summed E-state index contributed by atoms with van der Waals surface area (Å²) in [5.74, 6) is 0.284. The molecule has 3 rings (SSSR count). The van der Waals surface area contributed by atoms with Crippen molar-refractivity contribution in [2.45, 2.75) is 45.7 Å². The summed E-state index contributed by atoms with van der Waals surface area (Å²) in [7, 11) is 0. The number of carbonyl (C=O) groups is 1. The molecule has 2 N–H and O–H groups in total. The van der Waals surface area contributed by atoms with Crippen LogP contribution < -0.4 is 5.32 Å². The highest BCUT2D eigenvalue weighted by molar-refractivity contribution is 5.87. The van der Waals surface area contributed by atoms with Crippen LogP contribution in [0.5, 0.6) is 0 Å². The average molecular weight is 313 g/mol. The fourth-order valence-corrected chi connectivity index (χ4v) is 2.82. The molecule has 1 fully saturated rings. The summed E-state index contributed by atoms with van der Waals surface area (Å²) in [5.41, 5.74) is 3.66. The Morgan fingerprint density at radius 2 is 2.22 bits per heavy atom. The molecule has 0 spiro atoms. The van der Waals surface area contributed by atoms with Gasteiger partial charge >= 0.3 is 5.97 Å². The molecule has 5 heteroatoms. The van der Waals surface area contributed by atoms with E-state index in [2.05, 4.69) is 28.9 Å². The zero-order valence-corrected chi connectivity index (χ0v) is 13.6. The number of hydrogen-bond acceptors (Lipinski definition) is 3. The van der Waals surface area contributed by atoms with Gasteiger partial charge in [-0.2, -0.15) is 5.10 Å². The summed E-state index contributed by atoms with van der Waals surface area (Å²) in [6.07, 6.45) is 4.36. The number of aromatic nitrogens is 2. The first-order chi connectivity index (χ1) is 11.0. The van der Waals surface area contributed by atoms with E-state index < -0.39 is 5.97 Å². The molecular formula is C18H23N3O2. The SMILES string of the molecule is CC(C)Cn1ncc(NCc2cccc(C(=O)O)c2)c1C1CC1. The van der Waals surface area contributed by atoms with Crippen LogP contribution >= 0.6 is 0 Å². The molecule has 1 heterocycles. The molecule has 0 amide bonds. The lowest BCUT2D eigenvalue weighted by atomic mass is 10.1. The molecule has 0 unspecified atom stereocenters. The van der Waals surface area contributed by atoms with Crippen molar-refractivity contribution in [2.24, 2.45) is 5.92 Å². The minimum Gasteiger partial charge on any atom is -0.478 e. The average Bonchev–Trinajstić information content (AvgIpc) is 3.27. The third kappa shape index (κ3) is 3.73. The van der Waals surface area contributed by atoms with Gasteiger partial charge in [0, 0.05) is 19.0 Å². The number of anilines is 1. The highest BCUT2D eigenvalue weighted by Crippen LogP contribution is 2.43. The third-order valence-corrected chi connectivity index (χ3v) is 4.04. The molecule has 122 valence electrons. The monoisotopic (exact) mass is 313 g/mol. The Kier molecular flexibility index (Phi) is 4.37. The van der Waals surface area contributed by atoms with Gasteiger partial charge in [0.05, 0.1) is 23.1 Å². The van der Waals surface area contributed by atoms with Gasteiger partial charge in [-0.15, -0.1) is 0 Å². The standard InChI is InChI=1S/C18H23N3O2/c1-12(2)11-21-17(14-6-7-14)16(10-20-21)19-9-13-4-3-5-15(8-13)18(22)23/h3-5,8,10,12,14,19H,6-7,9,11H2,1-2H3,(H,22,23). The molecular weight excluding hydrogens is 290 g/mol. The Morgan fingerprint density at radius 3 is 2.87 bits per heavy atom. The van der Waals surface area contributed by atoms with Crippen LogP contribution in [-0.2, 0) is 13.1 Å². The van der Waals surface area contributed by atoms with Crippen LogP contribution in [0.4, 0.5) is 5.69 Å². The first-order valence-corrected chi connectivity index (χ1v) is 8.16. The number of carboxylic acid groups (broad SMARTS) is 1. The second-order valence-corrected chi connectivity index (χ2v) is 6.65. The topological polar surface area (TPSA) is 67.2 Å². The van der Waals surface area contributed by atoms with Crippen LogP contribution in [0, 0.1) is 5.92 Å². The van der Waals surface area contributed by atoms with Gasteiger partial charge in [-0.05, 0) is 36.5 Å². The summed E-state index contributed by atoms with van der Waals surface area (Å²) in [5, 5.41) is 17.0. The summed E-state index contributed by atoms with van der Waals surface area (Å²) < 4.78 is 2.12. The molecule has 0 bridgehead atoms. The molecule has 1 aromatic heterocycles. The lowest BCUT2D eigenvalue weighted by molar-refractivity contribution is 0.0697. The second kappa shape index (κ2) is 6.44. The quantitative estimate of drug-likeness (QED) is 0.817. The fourth-order valence-electron chi connectivity index (χ4n) is 2.82. The minimum atomic E-state index is -0.893. The van der Waals surface area contributed by atoms with E-state index in [1.807, 2.05) is 12.3 Å². The van der Waals surface area contributed by atoms with Crippen molar-refractivity contribution in [1.82, 2.24) is 9.78 Å². The number of nitrogens with zero attached hydrogens (tertiary/aromatic N) is 2. The molecule has 1 aliphatic rings. The molecule has 5 nitrogen and oxygen atoms in total. The zero-order chi connectivity index (χ0) is 16.4. The van der Waals surface area contributed by atoms with Crippen molar-refractivity contribution in [2.75, 3.05) is 5.32 Å². The van der Waals surface area contributed by atoms with Crippen molar-refractivity contribution >= 4 is 11.7 Å². The molecule has 23 heavy (non-hydrogen) atoms. The highest BCUT2D eigenvalue weighted by atomic mass is 16.4. The lowest BCUT2D eigenvalue weighted by Crippen LogP contribution is -2.10. The Labute approximate surface area is 136 Å². The zero-order valence-electron chi connectivity index (χ0n) is 13.6. The number of hydrogen-bond donors (Lipinski definition) is 2. The predicted octanol–water partition coefficient (Wildman–Crippen LogP) is 3.73. The molecule has 0 aliphatic heterocycles. The number of carboxylic acids is 1. The fraction of sp³-hybridized carbons (Fsp3) is 0.444. The first-order valence-electron chi connectivity index (χ1n) is 8.16. The van der Waals surface area contributed by atoms with Crippen molar-refractivity contribution in [3.8, 4) is 0 Å². The molecule has 2 aromatic rings. The van der Waals surface area contributed by atoms with Gasteiger partial charge in [-0.1, -0.05) is 26.0 Å². The van der Waals surface area contributed by atoms with Crippen LogP contribution in [0.3, 0.4) is 0 Å². The maximum Gasteiger partial charge on any atom is 0.335 e. The van der Waals surface area contributed by atoms with Crippen LogP contribution in [0.2, 0.25) is 0 Å². The molecule has 0 saturated heterocycles. The summed E-state index contributed by atoms with van der Waals surface area (Å²) in [4.78, 5) is 11.1. The van der Waals surface area contributed by atoms with Crippen LogP contribution in [0.1, 0.15) is 54.2 Å². The van der Waals surface area contributed by atoms with E-state index in [0.717, 1.165) is 17.8 Å². The highest BCUT2D eigenvalue weighted by Gasteiger charge is 2.30. The third-order valence-electron chi connectivity index (χ3n) is 4.04. The normalized spacial score (nSPS) is 14.2. The first kappa shape index (κ1) is 15.6. The molecule has 1 aromatic carbocycles. The Balaban J connectivity index is 1.74. The Bertz CT molecular complexity index is 702. The summed E-state index contributed by atoms with van der Waals surface area (Å²) in [6, 6.07) is 7.05. The maximum absolute atomic E-state index is 11.1. The van der Waals surface area contributed by atoms with E-state index in [0.29, 0.717) is 23.9 Å². The van der Waals surface area contributed by atoms with E-state index in [1.54, 1.807) is 18.2 Å². The van der Waals surface area contributed by atoms with Gasteiger partial charge in [-0.3, -0.25) is 4.68 Å². The largest absolute Gasteiger partial charge is 0.478 e. The number of benzene rings is 1. The Hall–Kier alpha value is -2.30. The Morgan fingerprint density at radius 1 is 1.43 bits per heavy atom. The number of aromatic carboxylic acids is 1. The molecule has 1 aliphatic carbocycles. The number of nitrogens with one attached hydrogen (secondary N) is 1. The van der Waals surface area contributed by atoms with E-state index in [9.17, 15) is 4.79 Å². The van der Waals surface area contributed by atoms with E-state index in [4.69, 9.17) is 5.11 Å². The molecule has 0 radical (unpaired) electrons. The van der Waals surface area contributed by atoms with Crippen molar-refractivity contribution in [3.63, 3.8) is 0 Å². The van der Waals surface area contributed by atoms with Gasteiger partial charge in [-0.25, -0.2) is 4.79 Å². The van der Waals surface area contributed by atoms with Crippen molar-refractivity contribution in [1.29, 1.82) is 0 Å². The second-order valence-electron chi connectivity index (χ2n) is 6.65. The van der Waals surface area contributed by atoms with Gasteiger partial charge in [0.25, 0.3) is 0 Å². The molecule has 1 saturated carbocycles. The predicted molar refractivity (Wildman–Crippen MR) is 89.8 cm³/mol. The lowest BCUT2D eigenvalue weighted by Gasteiger charge is -2.12. The molecule has 0 atom stereocenters. The number of rotatable bonds is 7. The van der Waals surface area contributed by atoms with Crippen LogP contribution in [0.15, 0.2) is 30.5 Å². The van der Waals surface area contributed by atoms with Crippen molar-refractivity contribution < 1.29 is 9.90 Å². The van der Waals surface area contributed by atoms with E-state index in [-0.39, 0.29) is 0 Å².